The molecule has 3 aliphatic heterocycles. The molecule has 2 aromatic carbocycles. The largest absolute Gasteiger partial charge is 0.339 e. The minimum Gasteiger partial charge on any atom is -0.339 e. The molecule has 1 unspecified atom stereocenters. The van der Waals surface area contributed by atoms with Gasteiger partial charge >= 0.3 is 0 Å². The molecule has 0 saturated carbocycles. The van der Waals surface area contributed by atoms with E-state index in [0.29, 0.717) is 67.1 Å². The lowest BCUT2D eigenvalue weighted by Crippen LogP contribution is -2.54. The summed E-state index contributed by atoms with van der Waals surface area (Å²) in [5.74, 6) is -0.336. The second-order valence-electron chi connectivity index (χ2n) is 13.3. The number of nitrogens with one attached hydrogen (secondary N) is 1. The second kappa shape index (κ2) is 14.9. The number of likely N-dealkylation sites (tertiary alicyclic amines) is 1. The van der Waals surface area contributed by atoms with Gasteiger partial charge in [0.25, 0.3) is 11.5 Å². The molecule has 3 aliphatic rings. The minimum absolute atomic E-state index is 0.00981. The number of benzene rings is 2. The Morgan fingerprint density at radius 3 is 2.21 bits per heavy atom. The summed E-state index contributed by atoms with van der Waals surface area (Å²) < 4.78 is 14.9. The minimum atomic E-state index is -0.594. The summed E-state index contributed by atoms with van der Waals surface area (Å²) in [5, 5.41) is 7.97. The number of aromatic nitrogens is 2. The van der Waals surface area contributed by atoms with Crippen LogP contribution in [0.25, 0.3) is 10.8 Å². The maximum absolute atomic E-state index is 14.9. The number of carbonyl (C=O) groups is 3. The van der Waals surface area contributed by atoms with Gasteiger partial charge in [0.1, 0.15) is 5.82 Å². The molecule has 1 aromatic heterocycles. The van der Waals surface area contributed by atoms with E-state index in [1.54, 1.807) is 41.0 Å². The normalized spacial score (nSPS) is 19.1. The van der Waals surface area contributed by atoms with Gasteiger partial charge in [-0.2, -0.15) is 5.10 Å². The van der Waals surface area contributed by atoms with Crippen molar-refractivity contribution >= 4 is 28.5 Å². The van der Waals surface area contributed by atoms with Crippen LogP contribution in [0, 0.1) is 11.7 Å². The van der Waals surface area contributed by atoms with E-state index in [9.17, 15) is 23.6 Å². The molecule has 6 rings (SSSR count). The molecule has 4 heterocycles. The molecule has 3 N–H and O–H groups in total. The Morgan fingerprint density at radius 1 is 0.875 bits per heavy atom. The first-order chi connectivity index (χ1) is 23.2. The van der Waals surface area contributed by atoms with Gasteiger partial charge in [0.15, 0.2) is 0 Å². The van der Waals surface area contributed by atoms with Crippen LogP contribution in [0.5, 0.6) is 0 Å². The average Bonchev–Trinajstić information content (AvgIpc) is 3.11. The SMILES string of the molecule is CC(N)C(=O)N1CCN(CC2CCN(CC(=O)N3CCN(C(=O)c4cc(Cc5n[nH]c(=O)c6ccccc56)ccc4F)CC3)CC2)CC1. The van der Waals surface area contributed by atoms with Gasteiger partial charge < -0.3 is 20.4 Å². The molecule has 12 nitrogen and oxygen atoms in total. The number of nitrogens with zero attached hydrogens (tertiary/aromatic N) is 6. The van der Waals surface area contributed by atoms with Crippen LogP contribution in [0.4, 0.5) is 4.39 Å². The first-order valence-electron chi connectivity index (χ1n) is 17.0. The number of piperidine rings is 1. The van der Waals surface area contributed by atoms with Crippen LogP contribution < -0.4 is 11.3 Å². The highest BCUT2D eigenvalue weighted by molar-refractivity contribution is 5.95. The Morgan fingerprint density at radius 2 is 1.52 bits per heavy atom. The number of fused-ring (bicyclic) bond motifs is 1. The lowest BCUT2D eigenvalue weighted by molar-refractivity contribution is -0.135. The van der Waals surface area contributed by atoms with E-state index in [1.165, 1.54) is 6.07 Å². The van der Waals surface area contributed by atoms with Crippen molar-refractivity contribution in [3.8, 4) is 0 Å². The standard InChI is InChI=1S/C35H45FN8O4/c1-24(37)34(47)43-14-12-41(13-15-43)22-25-8-10-40(11-9-25)23-32(45)42-16-18-44(19-17-42)35(48)29-20-26(6-7-30(29)36)21-31-27-4-2-3-5-28(27)33(46)39-38-31/h2-7,20,24-25H,8-19,21-23,37H2,1H3,(H,39,46). The number of rotatable bonds is 8. The van der Waals surface area contributed by atoms with Crippen molar-refractivity contribution in [3.05, 3.63) is 75.5 Å². The Bertz CT molecular complexity index is 1690. The number of aromatic amines is 1. The summed E-state index contributed by atoms with van der Waals surface area (Å²) in [6.45, 7) is 9.55. The van der Waals surface area contributed by atoms with E-state index in [1.807, 2.05) is 17.0 Å². The fourth-order valence-electron chi connectivity index (χ4n) is 7.10. The van der Waals surface area contributed by atoms with Crippen molar-refractivity contribution in [2.24, 2.45) is 11.7 Å². The van der Waals surface area contributed by atoms with E-state index in [0.717, 1.165) is 58.7 Å². The Kier molecular flexibility index (Phi) is 10.5. The number of hydrogen-bond donors (Lipinski definition) is 2. The first kappa shape index (κ1) is 33.7. The average molecular weight is 661 g/mol. The Hall–Kier alpha value is -4.20. The van der Waals surface area contributed by atoms with E-state index < -0.39 is 17.8 Å². The maximum Gasteiger partial charge on any atom is 0.272 e. The molecule has 0 bridgehead atoms. The third-order valence-corrected chi connectivity index (χ3v) is 9.98. The van der Waals surface area contributed by atoms with Crippen molar-refractivity contribution in [1.82, 2.24) is 34.7 Å². The second-order valence-corrected chi connectivity index (χ2v) is 13.3. The molecular formula is C35H45FN8O4. The third-order valence-electron chi connectivity index (χ3n) is 9.98. The zero-order chi connectivity index (χ0) is 33.8. The summed E-state index contributed by atoms with van der Waals surface area (Å²) >= 11 is 0. The Labute approximate surface area is 279 Å². The van der Waals surface area contributed by atoms with Gasteiger partial charge in [0.2, 0.25) is 11.8 Å². The molecule has 0 radical (unpaired) electrons. The van der Waals surface area contributed by atoms with Crippen molar-refractivity contribution < 1.29 is 18.8 Å². The number of amides is 3. The quantitative estimate of drug-likeness (QED) is 0.367. The predicted octanol–water partition coefficient (Wildman–Crippen LogP) is 1.14. The molecule has 0 aliphatic carbocycles. The van der Waals surface area contributed by atoms with E-state index in [2.05, 4.69) is 20.0 Å². The molecule has 1 atom stereocenters. The summed E-state index contributed by atoms with van der Waals surface area (Å²) in [6.07, 6.45) is 2.40. The van der Waals surface area contributed by atoms with Crippen LogP contribution in [-0.4, -0.2) is 137 Å². The van der Waals surface area contributed by atoms with Gasteiger partial charge in [-0.25, -0.2) is 9.49 Å². The predicted molar refractivity (Wildman–Crippen MR) is 180 cm³/mol. The lowest BCUT2D eigenvalue weighted by Gasteiger charge is -2.40. The first-order valence-corrected chi connectivity index (χ1v) is 17.0. The highest BCUT2D eigenvalue weighted by atomic mass is 19.1. The van der Waals surface area contributed by atoms with E-state index in [4.69, 9.17) is 5.73 Å². The van der Waals surface area contributed by atoms with Gasteiger partial charge in [0, 0.05) is 70.7 Å². The van der Waals surface area contributed by atoms with E-state index in [-0.39, 0.29) is 22.9 Å². The zero-order valence-electron chi connectivity index (χ0n) is 27.6. The summed E-state index contributed by atoms with van der Waals surface area (Å²) in [7, 11) is 0. The van der Waals surface area contributed by atoms with Crippen molar-refractivity contribution in [2.45, 2.75) is 32.2 Å². The third kappa shape index (κ3) is 7.74. The molecule has 13 heteroatoms. The van der Waals surface area contributed by atoms with Crippen molar-refractivity contribution in [1.29, 1.82) is 0 Å². The molecular weight excluding hydrogens is 615 g/mol. The van der Waals surface area contributed by atoms with Crippen molar-refractivity contribution in [3.63, 3.8) is 0 Å². The fraction of sp³-hybridized carbons (Fsp3) is 0.514. The van der Waals surface area contributed by atoms with Crippen LogP contribution in [-0.2, 0) is 16.0 Å². The number of carbonyl (C=O) groups excluding carboxylic acids is 3. The van der Waals surface area contributed by atoms with Crippen LogP contribution in [0.3, 0.4) is 0 Å². The molecule has 3 fully saturated rings. The van der Waals surface area contributed by atoms with Gasteiger partial charge in [-0.05, 0) is 62.5 Å². The van der Waals surface area contributed by atoms with Crippen LogP contribution in [0.15, 0.2) is 47.3 Å². The fourth-order valence-corrected chi connectivity index (χ4v) is 7.10. The van der Waals surface area contributed by atoms with Crippen LogP contribution in [0.1, 0.15) is 41.4 Å². The monoisotopic (exact) mass is 660 g/mol. The van der Waals surface area contributed by atoms with Gasteiger partial charge in [-0.3, -0.25) is 29.0 Å². The highest BCUT2D eigenvalue weighted by Crippen LogP contribution is 2.22. The topological polar surface area (TPSA) is 139 Å². The number of piperazine rings is 2. The number of halogens is 1. The molecule has 0 spiro atoms. The smallest absolute Gasteiger partial charge is 0.272 e. The van der Waals surface area contributed by atoms with Gasteiger partial charge in [-0.1, -0.05) is 24.3 Å². The lowest BCUT2D eigenvalue weighted by atomic mass is 9.96. The van der Waals surface area contributed by atoms with Crippen LogP contribution >= 0.6 is 0 Å². The summed E-state index contributed by atoms with van der Waals surface area (Å²) in [4.78, 5) is 60.8. The molecule has 3 saturated heterocycles. The maximum atomic E-state index is 14.9. The molecule has 256 valence electrons. The van der Waals surface area contributed by atoms with Gasteiger partial charge in [0.05, 0.1) is 29.2 Å². The number of H-pyrrole nitrogens is 1. The highest BCUT2D eigenvalue weighted by Gasteiger charge is 2.30. The number of nitrogens with two attached hydrogens (primary N) is 1. The summed E-state index contributed by atoms with van der Waals surface area (Å²) in [5.41, 5.74) is 6.81. The van der Waals surface area contributed by atoms with E-state index >= 15 is 0 Å². The van der Waals surface area contributed by atoms with Crippen LogP contribution in [0.2, 0.25) is 0 Å². The zero-order valence-corrected chi connectivity index (χ0v) is 27.6. The van der Waals surface area contributed by atoms with Crippen molar-refractivity contribution in [2.75, 3.05) is 78.5 Å². The molecule has 48 heavy (non-hydrogen) atoms. The summed E-state index contributed by atoms with van der Waals surface area (Å²) in [6, 6.07) is 11.2. The Balaban J connectivity index is 0.953. The molecule has 3 amide bonds. The molecule has 3 aromatic rings. The van der Waals surface area contributed by atoms with Gasteiger partial charge in [-0.15, -0.1) is 0 Å². The number of hydrogen-bond acceptors (Lipinski definition) is 8.